The van der Waals surface area contributed by atoms with Crippen LogP contribution in [0.4, 0.5) is 18.0 Å². The number of ether oxygens (including phenoxy) is 2. The molecular weight excluding hydrogens is 357 g/mol. The molecule has 1 aromatic rings. The van der Waals surface area contributed by atoms with Crippen LogP contribution in [0.3, 0.4) is 0 Å². The summed E-state index contributed by atoms with van der Waals surface area (Å²) >= 11 is 0. The third-order valence-electron chi connectivity index (χ3n) is 2.95. The molecule has 0 saturated carbocycles. The van der Waals surface area contributed by atoms with Gasteiger partial charge in [0.15, 0.2) is 13.2 Å². The maximum Gasteiger partial charge on any atom is 0.405 e. The number of nitrogens with one attached hydrogen (secondary N) is 2. The lowest BCUT2D eigenvalue weighted by atomic mass is 10.0. The Morgan fingerprint density at radius 2 is 1.77 bits per heavy atom. The molecule has 0 heterocycles. The minimum Gasteiger partial charge on any atom is -0.482 e. The van der Waals surface area contributed by atoms with Crippen molar-refractivity contribution in [3.05, 3.63) is 29.8 Å². The molecular formula is C16H19F3N2O5. The fourth-order valence-corrected chi connectivity index (χ4v) is 1.80. The molecule has 0 saturated heterocycles. The smallest absolute Gasteiger partial charge is 0.405 e. The summed E-state index contributed by atoms with van der Waals surface area (Å²) in [5.74, 6) is -1.27. The molecule has 0 bridgehead atoms. The van der Waals surface area contributed by atoms with Crippen molar-refractivity contribution in [3.63, 3.8) is 0 Å². The third kappa shape index (κ3) is 8.36. The van der Waals surface area contributed by atoms with Gasteiger partial charge in [-0.3, -0.25) is 10.1 Å². The fraction of sp³-hybridized carbons (Fsp3) is 0.438. The number of benzene rings is 1. The van der Waals surface area contributed by atoms with Gasteiger partial charge in [0.25, 0.3) is 5.91 Å². The lowest BCUT2D eigenvalue weighted by Crippen LogP contribution is -2.44. The monoisotopic (exact) mass is 376 g/mol. The molecule has 0 atom stereocenters. The molecule has 7 nitrogen and oxygen atoms in total. The van der Waals surface area contributed by atoms with Gasteiger partial charge in [0, 0.05) is 0 Å². The summed E-state index contributed by atoms with van der Waals surface area (Å²) in [6, 6.07) is 5.75. The van der Waals surface area contributed by atoms with Crippen LogP contribution in [0.2, 0.25) is 0 Å². The summed E-state index contributed by atoms with van der Waals surface area (Å²) in [5.41, 5.74) is 0.888. The van der Waals surface area contributed by atoms with Gasteiger partial charge in [0.1, 0.15) is 12.3 Å². The van der Waals surface area contributed by atoms with Gasteiger partial charge in [-0.05, 0) is 17.5 Å². The van der Waals surface area contributed by atoms with Gasteiger partial charge >= 0.3 is 18.2 Å². The van der Waals surface area contributed by atoms with Crippen molar-refractivity contribution in [1.82, 2.24) is 10.6 Å². The predicted molar refractivity (Wildman–Crippen MR) is 84.6 cm³/mol. The molecule has 0 aliphatic rings. The van der Waals surface area contributed by atoms with Gasteiger partial charge in [-0.1, -0.05) is 32.0 Å². The van der Waals surface area contributed by atoms with Crippen molar-refractivity contribution in [3.8, 4) is 5.75 Å². The molecule has 144 valence electrons. The number of imide groups is 1. The molecule has 1 rings (SSSR count). The first-order valence-electron chi connectivity index (χ1n) is 7.60. The van der Waals surface area contributed by atoms with Crippen molar-refractivity contribution >= 4 is 17.9 Å². The van der Waals surface area contributed by atoms with E-state index in [9.17, 15) is 27.6 Å². The van der Waals surface area contributed by atoms with Crippen molar-refractivity contribution in [2.45, 2.75) is 25.9 Å². The van der Waals surface area contributed by atoms with E-state index >= 15 is 0 Å². The molecule has 2 N–H and O–H groups in total. The van der Waals surface area contributed by atoms with Crippen LogP contribution in [0.5, 0.6) is 5.75 Å². The van der Waals surface area contributed by atoms with Crippen LogP contribution in [0.1, 0.15) is 25.3 Å². The van der Waals surface area contributed by atoms with E-state index in [1.807, 2.05) is 26.0 Å². The number of carbonyl (C=O) groups excluding carboxylic acids is 3. The average Bonchev–Trinajstić information content (AvgIpc) is 2.56. The zero-order valence-corrected chi connectivity index (χ0v) is 14.2. The first kappa shape index (κ1) is 21.3. The van der Waals surface area contributed by atoms with E-state index in [0.29, 0.717) is 5.75 Å². The first-order valence-corrected chi connectivity index (χ1v) is 7.60. The Balaban J connectivity index is 2.34. The predicted octanol–water partition coefficient (Wildman–Crippen LogP) is 2.12. The molecule has 0 aliphatic carbocycles. The van der Waals surface area contributed by atoms with Crippen LogP contribution < -0.4 is 15.4 Å². The summed E-state index contributed by atoms with van der Waals surface area (Å²) in [6.45, 7) is 1.03. The summed E-state index contributed by atoms with van der Waals surface area (Å²) in [7, 11) is 0. The SMILES string of the molecule is CC(C)c1ccccc1OCC(=O)OCC(=O)NC(=O)NCC(F)(F)F. The zero-order chi connectivity index (χ0) is 19.7. The second kappa shape index (κ2) is 9.64. The van der Waals surface area contributed by atoms with Crippen LogP contribution in [0.25, 0.3) is 0 Å². The first-order chi connectivity index (χ1) is 12.1. The minimum atomic E-state index is -4.60. The molecule has 0 spiro atoms. The van der Waals surface area contributed by atoms with Crippen molar-refractivity contribution < 1.29 is 37.0 Å². The van der Waals surface area contributed by atoms with Crippen LogP contribution in [-0.2, 0) is 14.3 Å². The van der Waals surface area contributed by atoms with Gasteiger partial charge in [0.2, 0.25) is 0 Å². The Morgan fingerprint density at radius 3 is 2.38 bits per heavy atom. The van der Waals surface area contributed by atoms with Gasteiger partial charge in [-0.25, -0.2) is 9.59 Å². The molecule has 10 heteroatoms. The Hall–Kier alpha value is -2.78. The number of halogens is 3. The van der Waals surface area contributed by atoms with Crippen LogP contribution >= 0.6 is 0 Å². The topological polar surface area (TPSA) is 93.7 Å². The van der Waals surface area contributed by atoms with Crippen molar-refractivity contribution in [2.24, 2.45) is 0 Å². The summed E-state index contributed by atoms with van der Waals surface area (Å²) in [6.07, 6.45) is -4.60. The van der Waals surface area contributed by atoms with E-state index in [1.165, 1.54) is 5.32 Å². The number of para-hydroxylation sites is 1. The lowest BCUT2D eigenvalue weighted by molar-refractivity contribution is -0.150. The van der Waals surface area contributed by atoms with Gasteiger partial charge in [-0.2, -0.15) is 13.2 Å². The molecule has 1 aromatic carbocycles. The maximum absolute atomic E-state index is 11.9. The van der Waals surface area contributed by atoms with E-state index < -0.39 is 43.8 Å². The number of hydrogen-bond acceptors (Lipinski definition) is 5. The van der Waals surface area contributed by atoms with Crippen LogP contribution in [0, 0.1) is 0 Å². The summed E-state index contributed by atoms with van der Waals surface area (Å²) < 4.78 is 45.6. The molecule has 26 heavy (non-hydrogen) atoms. The van der Waals surface area contributed by atoms with Gasteiger partial charge in [-0.15, -0.1) is 0 Å². The second-order valence-electron chi connectivity index (χ2n) is 5.49. The number of hydrogen-bond donors (Lipinski definition) is 2. The Morgan fingerprint density at radius 1 is 1.12 bits per heavy atom. The fourth-order valence-electron chi connectivity index (χ4n) is 1.80. The molecule has 0 radical (unpaired) electrons. The maximum atomic E-state index is 11.9. The quantitative estimate of drug-likeness (QED) is 0.711. The lowest BCUT2D eigenvalue weighted by Gasteiger charge is -2.13. The number of urea groups is 1. The highest BCUT2D eigenvalue weighted by Gasteiger charge is 2.28. The number of carbonyl (C=O) groups is 3. The average molecular weight is 376 g/mol. The molecule has 0 aliphatic heterocycles. The largest absolute Gasteiger partial charge is 0.482 e. The normalized spacial score (nSPS) is 11.0. The van der Waals surface area contributed by atoms with E-state index in [0.717, 1.165) is 5.56 Å². The highest BCUT2D eigenvalue weighted by molar-refractivity contribution is 5.95. The standard InChI is InChI=1S/C16H19F3N2O5/c1-10(2)11-5-3-4-6-12(11)25-8-14(23)26-7-13(22)21-15(24)20-9-16(17,18)19/h3-6,10H,7-9H2,1-2H3,(H2,20,21,22,24). The van der Waals surface area contributed by atoms with E-state index in [4.69, 9.17) is 4.74 Å². The molecule has 0 fully saturated rings. The van der Waals surface area contributed by atoms with Crippen molar-refractivity contribution in [1.29, 1.82) is 0 Å². The number of amides is 3. The Bertz CT molecular complexity index is 647. The Kier molecular flexibility index (Phi) is 7.88. The molecule has 3 amide bonds. The third-order valence-corrected chi connectivity index (χ3v) is 2.95. The second-order valence-corrected chi connectivity index (χ2v) is 5.49. The van der Waals surface area contributed by atoms with Crippen LogP contribution in [-0.4, -0.2) is 43.8 Å². The van der Waals surface area contributed by atoms with Gasteiger partial charge in [0.05, 0.1) is 0 Å². The summed E-state index contributed by atoms with van der Waals surface area (Å²) in [4.78, 5) is 33.9. The van der Waals surface area contributed by atoms with Gasteiger partial charge < -0.3 is 14.8 Å². The number of rotatable bonds is 7. The number of alkyl halides is 3. The zero-order valence-electron chi connectivity index (χ0n) is 14.2. The molecule has 0 unspecified atom stereocenters. The minimum absolute atomic E-state index is 0.170. The number of esters is 1. The molecule has 0 aromatic heterocycles. The van der Waals surface area contributed by atoms with Crippen LogP contribution in [0.15, 0.2) is 24.3 Å². The highest BCUT2D eigenvalue weighted by Crippen LogP contribution is 2.25. The highest BCUT2D eigenvalue weighted by atomic mass is 19.4. The van der Waals surface area contributed by atoms with Crippen molar-refractivity contribution in [2.75, 3.05) is 19.8 Å². The van der Waals surface area contributed by atoms with E-state index in [2.05, 4.69) is 4.74 Å². The van der Waals surface area contributed by atoms with E-state index in [1.54, 1.807) is 17.4 Å². The van der Waals surface area contributed by atoms with E-state index in [-0.39, 0.29) is 5.92 Å². The summed E-state index contributed by atoms with van der Waals surface area (Å²) in [5, 5.41) is 3.04. The Labute approximate surface area is 147 Å².